The zero-order chi connectivity index (χ0) is 22.7. The Labute approximate surface area is 197 Å². The van der Waals surface area contributed by atoms with Gasteiger partial charge in [0.1, 0.15) is 24.0 Å². The molecule has 0 bridgehead atoms. The largest absolute Gasteiger partial charge is 0.507 e. The SMILES string of the molecule is COCCOC(=O)NC1CCN(c2nc(-c3c(O)cccc3F)nc3cc(C)ccc23)C1.Cl. The van der Waals surface area contributed by atoms with Crippen LogP contribution in [0.3, 0.4) is 0 Å². The molecule has 0 spiro atoms. The molecular formula is C23H26ClFN4O4. The minimum absolute atomic E-state index is 0. The normalized spacial score (nSPS) is 15.4. The number of amides is 1. The predicted octanol–water partition coefficient (Wildman–Crippen LogP) is 3.82. The van der Waals surface area contributed by atoms with E-state index in [0.717, 1.165) is 10.9 Å². The van der Waals surface area contributed by atoms with E-state index in [1.807, 2.05) is 30.0 Å². The summed E-state index contributed by atoms with van der Waals surface area (Å²) in [6, 6.07) is 9.80. The van der Waals surface area contributed by atoms with Crippen LogP contribution in [0.4, 0.5) is 15.0 Å². The lowest BCUT2D eigenvalue weighted by Crippen LogP contribution is -2.38. The number of hydrogen-bond donors (Lipinski definition) is 2. The van der Waals surface area contributed by atoms with Crippen molar-refractivity contribution in [1.29, 1.82) is 0 Å². The number of aromatic hydroxyl groups is 1. The Morgan fingerprint density at radius 2 is 2.09 bits per heavy atom. The van der Waals surface area contributed by atoms with Crippen molar-refractivity contribution in [3.8, 4) is 17.1 Å². The summed E-state index contributed by atoms with van der Waals surface area (Å²) in [5.41, 5.74) is 1.63. The summed E-state index contributed by atoms with van der Waals surface area (Å²) in [4.78, 5) is 23.2. The molecule has 33 heavy (non-hydrogen) atoms. The number of phenols is 1. The molecule has 2 aromatic carbocycles. The molecule has 176 valence electrons. The molecule has 1 amide bonds. The zero-order valence-corrected chi connectivity index (χ0v) is 19.2. The number of carbonyl (C=O) groups is 1. The third kappa shape index (κ3) is 5.43. The summed E-state index contributed by atoms with van der Waals surface area (Å²) in [5, 5.41) is 13.9. The third-order valence-electron chi connectivity index (χ3n) is 5.38. The number of nitrogens with one attached hydrogen (secondary N) is 1. The van der Waals surface area contributed by atoms with E-state index in [-0.39, 0.29) is 42.2 Å². The molecule has 0 radical (unpaired) electrons. The maximum absolute atomic E-state index is 14.5. The fourth-order valence-electron chi connectivity index (χ4n) is 3.81. The molecule has 3 aromatic rings. The number of benzene rings is 2. The minimum atomic E-state index is -0.595. The number of aromatic nitrogens is 2. The van der Waals surface area contributed by atoms with Crippen LogP contribution < -0.4 is 10.2 Å². The standard InChI is InChI=1S/C23H25FN4O4.ClH/c1-14-6-7-16-18(12-14)26-21(20-17(24)4-3-5-19(20)29)27-22(16)28-9-8-15(13-28)25-23(30)32-11-10-31-2;/h3-7,12,15,29H,8-11,13H2,1-2H3,(H,25,30);1H. The molecule has 1 atom stereocenters. The van der Waals surface area contributed by atoms with E-state index < -0.39 is 11.9 Å². The lowest BCUT2D eigenvalue weighted by molar-refractivity contribution is 0.0969. The van der Waals surface area contributed by atoms with Crippen LogP contribution in [-0.4, -0.2) is 60.6 Å². The number of methoxy groups -OCH3 is 1. The Kier molecular flexibility index (Phi) is 7.88. The van der Waals surface area contributed by atoms with E-state index in [0.29, 0.717) is 37.5 Å². The number of ether oxygens (including phenoxy) is 2. The van der Waals surface area contributed by atoms with Crippen molar-refractivity contribution >= 4 is 35.2 Å². The van der Waals surface area contributed by atoms with E-state index in [1.165, 1.54) is 18.2 Å². The summed E-state index contributed by atoms with van der Waals surface area (Å²) >= 11 is 0. The van der Waals surface area contributed by atoms with Gasteiger partial charge in [-0.15, -0.1) is 12.4 Å². The van der Waals surface area contributed by atoms with Crippen LogP contribution in [0.25, 0.3) is 22.3 Å². The minimum Gasteiger partial charge on any atom is -0.507 e. The first-order valence-electron chi connectivity index (χ1n) is 10.4. The molecule has 1 aliphatic rings. The van der Waals surface area contributed by atoms with E-state index in [9.17, 15) is 14.3 Å². The number of halogens is 2. The first-order valence-corrected chi connectivity index (χ1v) is 10.4. The number of carbonyl (C=O) groups excluding carboxylic acids is 1. The van der Waals surface area contributed by atoms with Crippen molar-refractivity contribution in [3.63, 3.8) is 0 Å². The number of hydrogen-bond acceptors (Lipinski definition) is 7. The predicted molar refractivity (Wildman–Crippen MR) is 126 cm³/mol. The fourth-order valence-corrected chi connectivity index (χ4v) is 3.81. The highest BCUT2D eigenvalue weighted by atomic mass is 35.5. The van der Waals surface area contributed by atoms with E-state index >= 15 is 0 Å². The lowest BCUT2D eigenvalue weighted by Gasteiger charge is -2.21. The van der Waals surface area contributed by atoms with Gasteiger partial charge in [0.15, 0.2) is 5.82 Å². The highest BCUT2D eigenvalue weighted by Gasteiger charge is 2.28. The van der Waals surface area contributed by atoms with Gasteiger partial charge in [-0.1, -0.05) is 12.1 Å². The maximum atomic E-state index is 14.5. The molecule has 0 saturated carbocycles. The highest BCUT2D eigenvalue weighted by Crippen LogP contribution is 2.34. The van der Waals surface area contributed by atoms with E-state index in [4.69, 9.17) is 9.47 Å². The molecular weight excluding hydrogens is 451 g/mol. The van der Waals surface area contributed by atoms with Gasteiger partial charge < -0.3 is 24.8 Å². The van der Waals surface area contributed by atoms with Crippen LogP contribution >= 0.6 is 12.4 Å². The van der Waals surface area contributed by atoms with E-state index in [1.54, 1.807) is 7.11 Å². The second-order valence-electron chi connectivity index (χ2n) is 7.73. The molecule has 8 nitrogen and oxygen atoms in total. The highest BCUT2D eigenvalue weighted by molar-refractivity contribution is 5.92. The Morgan fingerprint density at radius 3 is 2.85 bits per heavy atom. The second-order valence-corrected chi connectivity index (χ2v) is 7.73. The first kappa shape index (κ1) is 24.5. The van der Waals surface area contributed by atoms with Crippen molar-refractivity contribution in [2.75, 3.05) is 38.3 Å². The van der Waals surface area contributed by atoms with Gasteiger partial charge in [-0.2, -0.15) is 0 Å². The number of anilines is 1. The van der Waals surface area contributed by atoms with Crippen LogP contribution in [-0.2, 0) is 9.47 Å². The molecule has 1 unspecified atom stereocenters. The van der Waals surface area contributed by atoms with Gasteiger partial charge >= 0.3 is 6.09 Å². The molecule has 2 N–H and O–H groups in total. The topological polar surface area (TPSA) is 96.8 Å². The van der Waals surface area contributed by atoms with Gasteiger partial charge in [-0.25, -0.2) is 19.2 Å². The summed E-state index contributed by atoms with van der Waals surface area (Å²) in [6.45, 7) is 3.63. The number of alkyl carbamates (subject to hydrolysis) is 1. The molecule has 1 aromatic heterocycles. The van der Waals surface area contributed by atoms with Gasteiger partial charge in [-0.3, -0.25) is 0 Å². The average molecular weight is 477 g/mol. The van der Waals surface area contributed by atoms with Crippen molar-refractivity contribution in [3.05, 3.63) is 47.8 Å². The van der Waals surface area contributed by atoms with Crippen LogP contribution in [0.15, 0.2) is 36.4 Å². The Bertz CT molecular complexity index is 1130. The summed E-state index contributed by atoms with van der Waals surface area (Å²) in [6.07, 6.45) is 0.214. The number of nitrogens with zero attached hydrogens (tertiary/aromatic N) is 3. The zero-order valence-electron chi connectivity index (χ0n) is 18.4. The number of aryl methyl sites for hydroxylation is 1. The molecule has 10 heteroatoms. The Balaban J connectivity index is 0.00000306. The second kappa shape index (κ2) is 10.6. The molecule has 2 heterocycles. The van der Waals surface area contributed by atoms with Crippen molar-refractivity contribution < 1.29 is 23.8 Å². The number of phenolic OH excluding ortho intramolecular Hbond substituents is 1. The monoisotopic (exact) mass is 476 g/mol. The molecule has 4 rings (SSSR count). The number of fused-ring (bicyclic) bond motifs is 1. The van der Waals surface area contributed by atoms with Crippen LogP contribution in [0.1, 0.15) is 12.0 Å². The van der Waals surface area contributed by atoms with Crippen LogP contribution in [0, 0.1) is 12.7 Å². The average Bonchev–Trinajstić information content (AvgIpc) is 3.21. The summed E-state index contributed by atoms with van der Waals surface area (Å²) < 4.78 is 24.5. The van der Waals surface area contributed by atoms with Gasteiger partial charge in [0.25, 0.3) is 0 Å². The van der Waals surface area contributed by atoms with Crippen LogP contribution in [0.2, 0.25) is 0 Å². The summed E-state index contributed by atoms with van der Waals surface area (Å²) in [7, 11) is 1.54. The van der Waals surface area contributed by atoms with Gasteiger partial charge in [0, 0.05) is 25.6 Å². The number of rotatable bonds is 6. The van der Waals surface area contributed by atoms with Crippen molar-refractivity contribution in [2.24, 2.45) is 0 Å². The third-order valence-corrected chi connectivity index (χ3v) is 5.38. The lowest BCUT2D eigenvalue weighted by atomic mass is 10.1. The van der Waals surface area contributed by atoms with Crippen molar-refractivity contribution in [2.45, 2.75) is 19.4 Å². The van der Waals surface area contributed by atoms with Crippen molar-refractivity contribution in [1.82, 2.24) is 15.3 Å². The van der Waals surface area contributed by atoms with Gasteiger partial charge in [0.05, 0.1) is 23.7 Å². The van der Waals surface area contributed by atoms with E-state index in [2.05, 4.69) is 15.3 Å². The smallest absolute Gasteiger partial charge is 0.407 e. The maximum Gasteiger partial charge on any atom is 0.407 e. The van der Waals surface area contributed by atoms with Gasteiger partial charge in [-0.05, 0) is 43.2 Å². The quantitative estimate of drug-likeness (QED) is 0.522. The fraction of sp³-hybridized carbons (Fsp3) is 0.348. The van der Waals surface area contributed by atoms with Gasteiger partial charge in [0.2, 0.25) is 0 Å². The molecule has 0 aliphatic carbocycles. The summed E-state index contributed by atoms with van der Waals surface area (Å²) in [5.74, 6) is -0.0702. The molecule has 1 aliphatic heterocycles. The Hall–Kier alpha value is -3.17. The molecule has 1 saturated heterocycles. The Morgan fingerprint density at radius 1 is 1.27 bits per heavy atom. The molecule has 1 fully saturated rings. The first-order chi connectivity index (χ1) is 15.5. The van der Waals surface area contributed by atoms with Crippen LogP contribution in [0.5, 0.6) is 5.75 Å².